The van der Waals surface area contributed by atoms with E-state index >= 15 is 0 Å². The molecule has 1 aromatic heterocycles. The summed E-state index contributed by atoms with van der Waals surface area (Å²) < 4.78 is 0. The molecule has 3 nitrogen and oxygen atoms in total. The third-order valence-electron chi connectivity index (χ3n) is 2.23. The molecule has 2 aromatic rings. The van der Waals surface area contributed by atoms with Gasteiger partial charge in [-0.05, 0) is 6.92 Å². The van der Waals surface area contributed by atoms with E-state index in [4.69, 9.17) is 0 Å². The van der Waals surface area contributed by atoms with Crippen LogP contribution in [0.4, 0.5) is 0 Å². The number of amides is 1. The van der Waals surface area contributed by atoms with Gasteiger partial charge in [-0.3, -0.25) is 0 Å². The van der Waals surface area contributed by atoms with Crippen LogP contribution in [0.5, 0.6) is 0 Å². The highest BCUT2D eigenvalue weighted by atomic mass is 32.1. The molecule has 2 rings (SSSR count). The minimum Gasteiger partial charge on any atom is -0.410 e. The second-order valence-corrected chi connectivity index (χ2v) is 4.37. The molecule has 1 heterocycles. The van der Waals surface area contributed by atoms with Crippen LogP contribution in [0.25, 0.3) is 10.6 Å². The number of hydrogen-bond acceptors (Lipinski definition) is 3. The van der Waals surface area contributed by atoms with E-state index in [1.165, 1.54) is 16.7 Å². The monoisotopic (exact) mass is 232 g/mol. The van der Waals surface area contributed by atoms with Gasteiger partial charge < -0.3 is 5.32 Å². The van der Waals surface area contributed by atoms with Crippen molar-refractivity contribution in [1.82, 2.24) is 4.98 Å². The molecule has 2 N–H and O–H groups in total. The molecule has 4 heteroatoms. The summed E-state index contributed by atoms with van der Waals surface area (Å²) >= 11 is 1.41. The molecule has 0 atom stereocenters. The molecule has 0 unspecified atom stereocenters. The first kappa shape index (κ1) is 11.0. The lowest BCUT2D eigenvalue weighted by atomic mass is 10.2. The summed E-state index contributed by atoms with van der Waals surface area (Å²) in [5.41, 5.74) is 1.81. The van der Waals surface area contributed by atoms with Crippen molar-refractivity contribution in [2.24, 2.45) is 0 Å². The molecule has 16 heavy (non-hydrogen) atoms. The first-order valence-corrected chi connectivity index (χ1v) is 5.73. The maximum Gasteiger partial charge on any atom is 0.328 e. The molecule has 0 saturated carbocycles. The van der Waals surface area contributed by atoms with Gasteiger partial charge >= 0.3 is 5.91 Å². The summed E-state index contributed by atoms with van der Waals surface area (Å²) in [5, 5.41) is 2.21. The number of nitrogens with two attached hydrogens (primary N) is 1. The van der Waals surface area contributed by atoms with Crippen molar-refractivity contribution < 1.29 is 10.1 Å². The first-order chi connectivity index (χ1) is 7.72. The Kier molecular flexibility index (Phi) is 3.12. The van der Waals surface area contributed by atoms with Crippen LogP contribution >= 0.6 is 11.3 Å². The van der Waals surface area contributed by atoms with Crippen molar-refractivity contribution >= 4 is 17.2 Å². The highest BCUT2D eigenvalue weighted by Gasteiger charge is 2.16. The minimum atomic E-state index is -0.0582. The number of thiazole rings is 1. The third-order valence-corrected chi connectivity index (χ3v) is 3.45. The molecule has 0 fully saturated rings. The zero-order chi connectivity index (χ0) is 11.5. The standard InChI is InChI=1S/C12H12N2OS/c1-8-10(11(15)13-2)16-12(14-8)9-6-4-3-5-7-9/h3-7H,2,13H2,1H3. The second kappa shape index (κ2) is 4.55. The highest BCUT2D eigenvalue weighted by molar-refractivity contribution is 7.17. The van der Waals surface area contributed by atoms with Crippen LogP contribution in [0.3, 0.4) is 0 Å². The van der Waals surface area contributed by atoms with E-state index in [1.54, 1.807) is 0 Å². The lowest BCUT2D eigenvalue weighted by molar-refractivity contribution is -0.489. The maximum atomic E-state index is 11.5. The van der Waals surface area contributed by atoms with Gasteiger partial charge in [0.2, 0.25) is 0 Å². The molecule has 0 aliphatic heterocycles. The predicted octanol–water partition coefficient (Wildman–Crippen LogP) is 1.61. The third kappa shape index (κ3) is 2.03. The Balaban J connectivity index is 2.42. The van der Waals surface area contributed by atoms with Crippen molar-refractivity contribution in [3.8, 4) is 10.6 Å². The highest BCUT2D eigenvalue weighted by Crippen LogP contribution is 2.26. The van der Waals surface area contributed by atoms with Crippen molar-refractivity contribution in [2.45, 2.75) is 6.92 Å². The zero-order valence-electron chi connectivity index (χ0n) is 8.93. The Bertz CT molecular complexity index is 505. The summed E-state index contributed by atoms with van der Waals surface area (Å²) in [6.07, 6.45) is 0. The van der Waals surface area contributed by atoms with Crippen LogP contribution in [0, 0.1) is 14.0 Å². The van der Waals surface area contributed by atoms with Crippen molar-refractivity contribution in [3.05, 3.63) is 48.0 Å². The molecule has 0 bridgehead atoms. The number of benzene rings is 1. The SMILES string of the molecule is [CH2-][NH2+]C(=O)c1sc(-c2ccccc2)nc1C. The summed E-state index contributed by atoms with van der Waals surface area (Å²) in [6, 6.07) is 9.85. The van der Waals surface area contributed by atoms with Gasteiger partial charge in [0, 0.05) is 5.56 Å². The number of carbonyl (C=O) groups is 1. The van der Waals surface area contributed by atoms with Crippen molar-refractivity contribution in [2.75, 3.05) is 0 Å². The van der Waals surface area contributed by atoms with Gasteiger partial charge in [-0.15, -0.1) is 18.4 Å². The topological polar surface area (TPSA) is 46.6 Å². The molecule has 82 valence electrons. The number of hydrogen-bond donors (Lipinski definition) is 1. The van der Waals surface area contributed by atoms with Crippen molar-refractivity contribution in [1.29, 1.82) is 0 Å². The molecule has 1 amide bonds. The Labute approximate surface area is 98.2 Å². The lowest BCUT2D eigenvalue weighted by Crippen LogP contribution is -2.81. The zero-order valence-corrected chi connectivity index (χ0v) is 9.75. The van der Waals surface area contributed by atoms with Crippen LogP contribution in [0.1, 0.15) is 15.4 Å². The van der Waals surface area contributed by atoms with Crippen LogP contribution in [0.15, 0.2) is 30.3 Å². The van der Waals surface area contributed by atoms with Gasteiger partial charge in [0.1, 0.15) is 5.01 Å². The van der Waals surface area contributed by atoms with Gasteiger partial charge in [-0.1, -0.05) is 30.3 Å². The van der Waals surface area contributed by atoms with Gasteiger partial charge in [-0.2, -0.15) is 0 Å². The normalized spacial score (nSPS) is 10.4. The quantitative estimate of drug-likeness (QED) is 0.800. The number of quaternary nitrogens is 1. The summed E-state index contributed by atoms with van der Waals surface area (Å²) in [7, 11) is 3.49. The molecule has 0 spiro atoms. The Morgan fingerprint density at radius 1 is 1.38 bits per heavy atom. The Hall–Kier alpha value is -1.52. The maximum absolute atomic E-state index is 11.5. The molecule has 1 aromatic carbocycles. The van der Waals surface area contributed by atoms with Gasteiger partial charge in [-0.25, -0.2) is 9.78 Å². The number of primary amides is 1. The van der Waals surface area contributed by atoms with Crippen LogP contribution in [-0.4, -0.2) is 10.9 Å². The van der Waals surface area contributed by atoms with Crippen molar-refractivity contribution in [3.63, 3.8) is 0 Å². The number of aryl methyl sites for hydroxylation is 1. The van der Waals surface area contributed by atoms with Gasteiger partial charge in [0.25, 0.3) is 0 Å². The average molecular weight is 232 g/mol. The first-order valence-electron chi connectivity index (χ1n) is 4.92. The molecule has 0 saturated heterocycles. The second-order valence-electron chi connectivity index (χ2n) is 3.37. The molecule has 0 radical (unpaired) electrons. The van der Waals surface area contributed by atoms with E-state index in [0.717, 1.165) is 16.3 Å². The number of nitrogens with zero attached hydrogens (tertiary/aromatic N) is 1. The molecule has 0 aliphatic rings. The van der Waals surface area contributed by atoms with E-state index in [-0.39, 0.29) is 5.91 Å². The lowest BCUT2D eigenvalue weighted by Gasteiger charge is -1.94. The number of aromatic nitrogens is 1. The molecular weight excluding hydrogens is 220 g/mol. The largest absolute Gasteiger partial charge is 0.410 e. The van der Waals surface area contributed by atoms with Crippen LogP contribution in [-0.2, 0) is 0 Å². The Morgan fingerprint density at radius 2 is 2.06 bits per heavy atom. The van der Waals surface area contributed by atoms with Gasteiger partial charge in [0.05, 0.1) is 5.69 Å². The number of carbonyl (C=O) groups excluding carboxylic acids is 1. The smallest absolute Gasteiger partial charge is 0.328 e. The fraction of sp³-hybridized carbons (Fsp3) is 0.0833. The fourth-order valence-electron chi connectivity index (χ4n) is 1.42. The summed E-state index contributed by atoms with van der Waals surface area (Å²) in [4.78, 5) is 16.6. The van der Waals surface area contributed by atoms with E-state index < -0.39 is 0 Å². The average Bonchev–Trinajstić information content (AvgIpc) is 2.71. The molecular formula is C12H12N2OS. The predicted molar refractivity (Wildman–Crippen MR) is 63.9 cm³/mol. The van der Waals surface area contributed by atoms with Crippen LogP contribution < -0.4 is 5.32 Å². The van der Waals surface area contributed by atoms with E-state index in [0.29, 0.717) is 4.88 Å². The minimum absolute atomic E-state index is 0.0582. The van der Waals surface area contributed by atoms with E-state index in [2.05, 4.69) is 12.0 Å². The van der Waals surface area contributed by atoms with Crippen LogP contribution in [0.2, 0.25) is 0 Å². The van der Waals surface area contributed by atoms with Gasteiger partial charge in [0.15, 0.2) is 4.88 Å². The number of rotatable bonds is 2. The van der Waals surface area contributed by atoms with E-state index in [9.17, 15) is 4.79 Å². The molecule has 0 aliphatic carbocycles. The summed E-state index contributed by atoms with van der Waals surface area (Å²) in [6.45, 7) is 1.85. The fourth-order valence-corrected chi connectivity index (χ4v) is 2.43. The summed E-state index contributed by atoms with van der Waals surface area (Å²) in [5.74, 6) is -0.0582. The van der Waals surface area contributed by atoms with E-state index in [1.807, 2.05) is 37.3 Å². The Morgan fingerprint density at radius 3 is 2.69 bits per heavy atom.